The van der Waals surface area contributed by atoms with Crippen molar-refractivity contribution in [1.82, 2.24) is 15.5 Å². The zero-order valence-electron chi connectivity index (χ0n) is 22.6. The number of cyclic esters (lactones) is 1. The summed E-state index contributed by atoms with van der Waals surface area (Å²) in [6.07, 6.45) is 4.95. The van der Waals surface area contributed by atoms with E-state index < -0.39 is 36.3 Å². The number of rotatable bonds is 9. The van der Waals surface area contributed by atoms with Gasteiger partial charge < -0.3 is 39.2 Å². The second-order valence-corrected chi connectivity index (χ2v) is 9.51. The predicted octanol–water partition coefficient (Wildman–Crippen LogP) is 1.31. The number of nitrogens with one attached hydrogen (secondary N) is 2. The largest absolute Gasteiger partial charge is 0.493 e. The fourth-order valence-electron chi connectivity index (χ4n) is 5.29. The van der Waals surface area contributed by atoms with E-state index in [0.29, 0.717) is 43.1 Å². The van der Waals surface area contributed by atoms with Gasteiger partial charge in [0.15, 0.2) is 11.5 Å². The Hall–Kier alpha value is -3.80. The third kappa shape index (κ3) is 5.95. The Morgan fingerprint density at radius 3 is 2.33 bits per heavy atom. The molecule has 12 nitrogen and oxygen atoms in total. The maximum atomic E-state index is 13.8. The molecule has 2 saturated heterocycles. The Bertz CT molecular complexity index is 1110. The maximum absolute atomic E-state index is 13.8. The quantitative estimate of drug-likeness (QED) is 0.347. The number of carbonyl (C=O) groups is 4. The van der Waals surface area contributed by atoms with Crippen molar-refractivity contribution in [3.63, 3.8) is 0 Å². The van der Waals surface area contributed by atoms with E-state index in [-0.39, 0.29) is 36.3 Å². The van der Waals surface area contributed by atoms with Crippen LogP contribution in [-0.4, -0.2) is 87.0 Å². The van der Waals surface area contributed by atoms with Crippen LogP contribution in [0, 0.1) is 0 Å². The lowest BCUT2D eigenvalue weighted by Crippen LogP contribution is -2.57. The van der Waals surface area contributed by atoms with Gasteiger partial charge in [-0.15, -0.1) is 0 Å². The monoisotopic (exact) mass is 545 g/mol. The molecule has 0 aromatic heterocycles. The van der Waals surface area contributed by atoms with Crippen LogP contribution in [0.3, 0.4) is 0 Å². The summed E-state index contributed by atoms with van der Waals surface area (Å²) in [6, 6.07) is 0.561. The van der Waals surface area contributed by atoms with Crippen LogP contribution < -0.4 is 24.8 Å². The lowest BCUT2D eigenvalue weighted by atomic mass is 10.0. The molecule has 2 fully saturated rings. The van der Waals surface area contributed by atoms with Crippen LogP contribution in [0.25, 0.3) is 0 Å². The van der Waals surface area contributed by atoms with E-state index in [1.165, 1.54) is 33.5 Å². The van der Waals surface area contributed by atoms with Gasteiger partial charge in [0.25, 0.3) is 5.91 Å². The van der Waals surface area contributed by atoms with Gasteiger partial charge in [-0.3, -0.25) is 19.2 Å². The van der Waals surface area contributed by atoms with Crippen LogP contribution in [0.15, 0.2) is 24.3 Å². The third-order valence-corrected chi connectivity index (χ3v) is 7.16. The number of fused-ring (bicyclic) bond motifs is 1. The Morgan fingerprint density at radius 1 is 1.00 bits per heavy atom. The standard InChI is InChI=1S/C27H35N3O9/c1-5-38-27-18(14-22(31)39-27)29-25(33)19-11-10-16-8-6-7-9-17(26(34)30(16)19)28-24(32)15-12-20(35-2)23(37-4)21(13-15)36-3/h6-7,12-13,16-19,27H,5,8-11,14H2,1-4H3,(H,28,32)(H,29,33)/t16-,17+,18?,19+,27?/m1/s1. The normalized spacial score (nSPS) is 26.3. The molecule has 0 radical (unpaired) electrons. The summed E-state index contributed by atoms with van der Waals surface area (Å²) in [5.74, 6) is -0.717. The topological polar surface area (TPSA) is 142 Å². The molecule has 1 aromatic rings. The second kappa shape index (κ2) is 12.4. The van der Waals surface area contributed by atoms with Gasteiger partial charge >= 0.3 is 5.97 Å². The first-order valence-electron chi connectivity index (χ1n) is 13.0. The molecule has 3 aliphatic rings. The van der Waals surface area contributed by atoms with Crippen molar-refractivity contribution >= 4 is 23.7 Å². The highest BCUT2D eigenvalue weighted by Gasteiger charge is 2.45. The molecule has 3 heterocycles. The second-order valence-electron chi connectivity index (χ2n) is 9.51. The highest BCUT2D eigenvalue weighted by atomic mass is 16.7. The number of ether oxygens (including phenoxy) is 5. The van der Waals surface area contributed by atoms with Crippen molar-refractivity contribution in [2.45, 2.75) is 69.5 Å². The van der Waals surface area contributed by atoms with E-state index in [1.807, 2.05) is 12.2 Å². The summed E-state index contributed by atoms with van der Waals surface area (Å²) in [7, 11) is 4.36. The van der Waals surface area contributed by atoms with Crippen molar-refractivity contribution < 1.29 is 42.9 Å². The molecule has 5 atom stereocenters. The van der Waals surface area contributed by atoms with Crippen LogP contribution >= 0.6 is 0 Å². The first kappa shape index (κ1) is 28.2. The fraction of sp³-hybridized carbons (Fsp3) is 0.556. The summed E-state index contributed by atoms with van der Waals surface area (Å²) in [5, 5.41) is 5.66. The lowest BCUT2D eigenvalue weighted by Gasteiger charge is -2.34. The molecular formula is C27H35N3O9. The highest BCUT2D eigenvalue weighted by molar-refractivity contribution is 5.99. The summed E-state index contributed by atoms with van der Waals surface area (Å²) in [6.45, 7) is 2.09. The minimum absolute atomic E-state index is 0.00327. The van der Waals surface area contributed by atoms with Crippen LogP contribution in [0.2, 0.25) is 0 Å². The Balaban J connectivity index is 1.52. The molecule has 4 rings (SSSR count). The summed E-state index contributed by atoms with van der Waals surface area (Å²) >= 11 is 0. The molecule has 39 heavy (non-hydrogen) atoms. The number of hydrogen-bond donors (Lipinski definition) is 2. The smallest absolute Gasteiger partial charge is 0.310 e. The van der Waals surface area contributed by atoms with Crippen LogP contribution in [0.1, 0.15) is 49.4 Å². The molecule has 1 aromatic carbocycles. The van der Waals surface area contributed by atoms with E-state index in [1.54, 1.807) is 11.8 Å². The molecule has 0 spiro atoms. The number of hydrogen-bond acceptors (Lipinski definition) is 9. The first-order valence-corrected chi connectivity index (χ1v) is 13.0. The lowest BCUT2D eigenvalue weighted by molar-refractivity contribution is -0.164. The Kier molecular flexibility index (Phi) is 8.95. The fourth-order valence-corrected chi connectivity index (χ4v) is 5.29. The van der Waals surface area contributed by atoms with Crippen molar-refractivity contribution in [2.24, 2.45) is 0 Å². The zero-order chi connectivity index (χ0) is 28.1. The van der Waals surface area contributed by atoms with Gasteiger partial charge in [-0.1, -0.05) is 12.2 Å². The molecule has 12 heteroatoms. The maximum Gasteiger partial charge on any atom is 0.310 e. The number of esters is 1. The van der Waals surface area contributed by atoms with Crippen molar-refractivity contribution in [1.29, 1.82) is 0 Å². The molecule has 0 saturated carbocycles. The molecule has 212 valence electrons. The molecule has 0 bridgehead atoms. The Morgan fingerprint density at radius 2 is 1.69 bits per heavy atom. The van der Waals surface area contributed by atoms with Gasteiger partial charge in [-0.2, -0.15) is 0 Å². The summed E-state index contributed by atoms with van der Waals surface area (Å²) in [4.78, 5) is 53.8. The number of methoxy groups -OCH3 is 3. The SMILES string of the molecule is CCOC1OC(=O)CC1NC(=O)[C@@H]1CC[C@H]2CC=CC[C@H](NC(=O)c3cc(OC)c(OC)c(OC)c3)C(=O)N21. The molecule has 0 aliphatic carbocycles. The van der Waals surface area contributed by atoms with E-state index in [2.05, 4.69) is 10.6 Å². The predicted molar refractivity (Wildman–Crippen MR) is 137 cm³/mol. The van der Waals surface area contributed by atoms with Gasteiger partial charge in [0.05, 0.1) is 27.8 Å². The van der Waals surface area contributed by atoms with E-state index in [0.717, 1.165) is 0 Å². The van der Waals surface area contributed by atoms with Gasteiger partial charge in [-0.25, -0.2) is 0 Å². The van der Waals surface area contributed by atoms with Crippen molar-refractivity contribution in [3.8, 4) is 17.2 Å². The summed E-state index contributed by atoms with van der Waals surface area (Å²) < 4.78 is 26.6. The average molecular weight is 546 g/mol. The third-order valence-electron chi connectivity index (χ3n) is 7.16. The first-order chi connectivity index (χ1) is 18.8. The van der Waals surface area contributed by atoms with E-state index in [4.69, 9.17) is 23.7 Å². The average Bonchev–Trinajstić information content (AvgIpc) is 3.50. The minimum Gasteiger partial charge on any atom is -0.493 e. The van der Waals surface area contributed by atoms with E-state index in [9.17, 15) is 19.2 Å². The van der Waals surface area contributed by atoms with Gasteiger partial charge in [-0.05, 0) is 44.7 Å². The van der Waals surface area contributed by atoms with E-state index >= 15 is 0 Å². The van der Waals surface area contributed by atoms with Crippen molar-refractivity contribution in [2.75, 3.05) is 27.9 Å². The number of carbonyl (C=O) groups excluding carboxylic acids is 4. The van der Waals surface area contributed by atoms with Crippen LogP contribution in [-0.2, 0) is 23.9 Å². The molecule has 3 amide bonds. The number of nitrogens with zero attached hydrogens (tertiary/aromatic N) is 1. The van der Waals surface area contributed by atoms with Crippen molar-refractivity contribution in [3.05, 3.63) is 29.8 Å². The highest BCUT2D eigenvalue weighted by Crippen LogP contribution is 2.38. The van der Waals surface area contributed by atoms with Gasteiger partial charge in [0.1, 0.15) is 18.1 Å². The number of benzene rings is 1. The molecule has 2 unspecified atom stereocenters. The van der Waals surface area contributed by atoms with Crippen LogP contribution in [0.4, 0.5) is 0 Å². The van der Waals surface area contributed by atoms with Gasteiger partial charge in [0.2, 0.25) is 23.9 Å². The Labute approximate surface area is 226 Å². The zero-order valence-corrected chi connectivity index (χ0v) is 22.6. The number of amides is 3. The van der Waals surface area contributed by atoms with Gasteiger partial charge in [0, 0.05) is 18.2 Å². The molecular weight excluding hydrogens is 510 g/mol. The van der Waals surface area contributed by atoms with Crippen LogP contribution in [0.5, 0.6) is 17.2 Å². The minimum atomic E-state index is -0.892. The molecule has 2 N–H and O–H groups in total. The molecule has 3 aliphatic heterocycles. The summed E-state index contributed by atoms with van der Waals surface area (Å²) in [5.41, 5.74) is 0.225.